The molecule has 1 heterocycles. The summed E-state index contributed by atoms with van der Waals surface area (Å²) in [6.07, 6.45) is 13.8. The van der Waals surface area contributed by atoms with E-state index < -0.39 is 17.2 Å². The molecule has 0 radical (unpaired) electrons. The summed E-state index contributed by atoms with van der Waals surface area (Å²) in [7, 11) is 0. The summed E-state index contributed by atoms with van der Waals surface area (Å²) in [5.74, 6) is 4.03. The maximum atomic E-state index is 11.8. The highest BCUT2D eigenvalue weighted by molar-refractivity contribution is 5.88. The second-order valence-corrected chi connectivity index (χ2v) is 18.9. The lowest BCUT2D eigenvalue weighted by atomic mass is 9.50. The lowest BCUT2D eigenvalue weighted by Crippen LogP contribution is -2.60. The molecular weight excluding hydrogens is 676 g/mol. The van der Waals surface area contributed by atoms with Crippen LogP contribution < -0.4 is 0 Å². The molecule has 10 heteroatoms. The Balaban J connectivity index is 0.000000123. The number of ether oxygens (including phenoxy) is 5. The van der Waals surface area contributed by atoms with Gasteiger partial charge in [0.1, 0.15) is 23.9 Å². The number of hydrogen-bond acceptors (Lipinski definition) is 10. The normalized spacial score (nSPS) is 43.9. The van der Waals surface area contributed by atoms with Crippen molar-refractivity contribution in [2.24, 2.45) is 53.3 Å². The molecule has 10 saturated carbocycles. The van der Waals surface area contributed by atoms with Crippen molar-refractivity contribution in [2.45, 2.75) is 140 Å². The molecule has 0 aromatic carbocycles. The van der Waals surface area contributed by atoms with Crippen LogP contribution in [-0.4, -0.2) is 71.2 Å². The molecule has 0 aromatic heterocycles. The minimum atomic E-state index is -0.570. The van der Waals surface area contributed by atoms with Crippen LogP contribution in [0, 0.1) is 53.3 Å². The molecule has 1 saturated heterocycles. The summed E-state index contributed by atoms with van der Waals surface area (Å²) in [5, 5.41) is 10.5. The van der Waals surface area contributed by atoms with Gasteiger partial charge in [-0.05, 0) is 146 Å². The molecule has 11 rings (SSSR count). The summed E-state index contributed by atoms with van der Waals surface area (Å²) in [5.41, 5.74) is 0.192. The van der Waals surface area contributed by atoms with E-state index >= 15 is 0 Å². The summed E-state index contributed by atoms with van der Waals surface area (Å²) in [6, 6.07) is 0. The van der Waals surface area contributed by atoms with Gasteiger partial charge in [0.05, 0.1) is 24.2 Å². The third-order valence-electron chi connectivity index (χ3n) is 14.4. The Morgan fingerprint density at radius 1 is 0.736 bits per heavy atom. The average Bonchev–Trinajstić information content (AvgIpc) is 3.69. The predicted molar refractivity (Wildman–Crippen MR) is 195 cm³/mol. The van der Waals surface area contributed by atoms with Crippen molar-refractivity contribution in [1.29, 1.82) is 0 Å². The first kappa shape index (κ1) is 38.3. The molecule has 7 atom stereocenters. The summed E-state index contributed by atoms with van der Waals surface area (Å²) < 4.78 is 27.6. The van der Waals surface area contributed by atoms with Crippen LogP contribution in [0.5, 0.6) is 0 Å². The number of carbonyl (C=O) groups excluding carboxylic acids is 4. The van der Waals surface area contributed by atoms with Gasteiger partial charge in [0, 0.05) is 29.1 Å². The van der Waals surface area contributed by atoms with E-state index in [4.69, 9.17) is 23.7 Å². The number of rotatable bonds is 9. The van der Waals surface area contributed by atoms with Crippen LogP contribution in [0.15, 0.2) is 36.5 Å². The summed E-state index contributed by atoms with van der Waals surface area (Å²) >= 11 is 0. The fraction of sp³-hybridized carbons (Fsp3) is 0.767. The molecule has 11 aliphatic rings. The molecule has 1 aliphatic heterocycles. The van der Waals surface area contributed by atoms with E-state index in [9.17, 15) is 24.3 Å². The first-order valence-electron chi connectivity index (χ1n) is 20.1. The molecule has 10 nitrogen and oxygen atoms in total. The van der Waals surface area contributed by atoms with Crippen LogP contribution in [-0.2, 0) is 42.9 Å². The highest BCUT2D eigenvalue weighted by atomic mass is 16.6. The van der Waals surface area contributed by atoms with Gasteiger partial charge in [-0.3, -0.25) is 4.79 Å². The number of fused-ring (bicyclic) bond motifs is 1. The maximum Gasteiger partial charge on any atom is 0.333 e. The molecule has 0 spiro atoms. The number of hydrogen-bond donors (Lipinski definition) is 1. The number of aliphatic hydroxyl groups is 1. The van der Waals surface area contributed by atoms with E-state index in [2.05, 4.69) is 26.7 Å². The minimum Gasteiger partial charge on any atom is -0.460 e. The molecule has 0 aromatic rings. The van der Waals surface area contributed by atoms with Crippen molar-refractivity contribution in [1.82, 2.24) is 0 Å². The Morgan fingerprint density at radius 3 is 1.83 bits per heavy atom. The largest absolute Gasteiger partial charge is 0.460 e. The Bertz CT molecular complexity index is 1500. The van der Waals surface area contributed by atoms with Gasteiger partial charge < -0.3 is 28.8 Å². The van der Waals surface area contributed by atoms with Crippen LogP contribution in [0.4, 0.5) is 0 Å². The van der Waals surface area contributed by atoms with Crippen LogP contribution in [0.2, 0.25) is 0 Å². The topological polar surface area (TPSA) is 135 Å². The lowest BCUT2D eigenvalue weighted by Gasteiger charge is -2.59. The van der Waals surface area contributed by atoms with E-state index in [-0.39, 0.29) is 48.2 Å². The van der Waals surface area contributed by atoms with Crippen molar-refractivity contribution >= 4 is 23.9 Å². The van der Waals surface area contributed by atoms with Crippen LogP contribution in [0.25, 0.3) is 0 Å². The Hall–Kier alpha value is -2.98. The Morgan fingerprint density at radius 2 is 1.28 bits per heavy atom. The van der Waals surface area contributed by atoms with Gasteiger partial charge >= 0.3 is 23.9 Å². The SMILES string of the molecule is C=C(C)C(=O)OC1(C)C2CC3CC(C2)CC1C3.C=C(C)C(=O)OC12CC3CC(CC(O)(C3)C1)C2.C=C(C)C(=O)OCCOC1C2CC3C(=O)OC1C3C2. The van der Waals surface area contributed by atoms with Gasteiger partial charge in [0.25, 0.3) is 0 Å². The van der Waals surface area contributed by atoms with Gasteiger partial charge in [0.15, 0.2) is 0 Å². The van der Waals surface area contributed by atoms with E-state index in [0.717, 1.165) is 50.4 Å². The zero-order chi connectivity index (χ0) is 38.0. The van der Waals surface area contributed by atoms with Crippen LogP contribution >= 0.6 is 0 Å². The standard InChI is InChI=1S/C15H22O2.C14H18O5.C14H20O3/c1-9(2)14(16)17-15(3)12-5-10-4-11(7-12)8-13(15)6-10;1-7(2)13(15)18-4-3-17-11-8-5-9-10(6-8)14(16)19-12(9)11;1-9(2)12(15)17-14-6-10-3-11(7-14)5-13(16,4-10)8-14/h10-13H,1,4-8H2,2-3H3;8-12H,1,3-6H2,2H3;10-11,16H,1,3-8H2,2H3. The Kier molecular flexibility index (Phi) is 10.3. The zero-order valence-corrected chi connectivity index (χ0v) is 32.2. The van der Waals surface area contributed by atoms with Gasteiger partial charge in [0.2, 0.25) is 0 Å². The summed E-state index contributed by atoms with van der Waals surface area (Å²) in [6.45, 7) is 18.6. The van der Waals surface area contributed by atoms with Gasteiger partial charge in [-0.15, -0.1) is 0 Å². The third kappa shape index (κ3) is 7.52. The van der Waals surface area contributed by atoms with Crippen molar-refractivity contribution in [2.75, 3.05) is 13.2 Å². The molecule has 0 amide bonds. The van der Waals surface area contributed by atoms with Crippen LogP contribution in [0.1, 0.15) is 111 Å². The summed E-state index contributed by atoms with van der Waals surface area (Å²) in [4.78, 5) is 46.3. The third-order valence-corrected chi connectivity index (χ3v) is 14.4. The number of carbonyl (C=O) groups is 4. The molecule has 53 heavy (non-hydrogen) atoms. The molecule has 10 bridgehead atoms. The van der Waals surface area contributed by atoms with Crippen molar-refractivity contribution < 1.29 is 48.0 Å². The average molecular weight is 737 g/mol. The predicted octanol–water partition coefficient (Wildman–Crippen LogP) is 6.58. The molecule has 11 fully saturated rings. The molecule has 10 aliphatic carbocycles. The molecule has 7 unspecified atom stereocenters. The smallest absolute Gasteiger partial charge is 0.333 e. The lowest BCUT2D eigenvalue weighted by molar-refractivity contribution is -0.217. The molecule has 1 N–H and O–H groups in total. The minimum absolute atomic E-state index is 0.0174. The molecular formula is C43H60O10. The fourth-order valence-electron chi connectivity index (χ4n) is 12.7. The Labute approximate surface area is 314 Å². The second-order valence-electron chi connectivity index (χ2n) is 18.9. The zero-order valence-electron chi connectivity index (χ0n) is 32.2. The van der Waals surface area contributed by atoms with Crippen molar-refractivity contribution in [3.63, 3.8) is 0 Å². The van der Waals surface area contributed by atoms with Gasteiger partial charge in [-0.25, -0.2) is 14.4 Å². The monoisotopic (exact) mass is 736 g/mol. The van der Waals surface area contributed by atoms with Gasteiger partial charge in [-0.1, -0.05) is 19.7 Å². The highest BCUT2D eigenvalue weighted by Gasteiger charge is 2.63. The van der Waals surface area contributed by atoms with Crippen molar-refractivity contribution in [3.8, 4) is 0 Å². The maximum absolute atomic E-state index is 11.8. The first-order valence-corrected chi connectivity index (χ1v) is 20.1. The second kappa shape index (κ2) is 14.3. The van der Waals surface area contributed by atoms with Gasteiger partial charge in [-0.2, -0.15) is 0 Å². The number of esters is 4. The van der Waals surface area contributed by atoms with E-state index in [1.54, 1.807) is 20.8 Å². The molecule has 292 valence electrons. The van der Waals surface area contributed by atoms with Crippen molar-refractivity contribution in [3.05, 3.63) is 36.5 Å². The van der Waals surface area contributed by atoms with E-state index in [1.807, 2.05) is 0 Å². The first-order chi connectivity index (χ1) is 25.0. The van der Waals surface area contributed by atoms with Crippen LogP contribution in [0.3, 0.4) is 0 Å². The fourth-order valence-corrected chi connectivity index (χ4v) is 12.7. The van der Waals surface area contributed by atoms with E-state index in [1.165, 1.54) is 38.5 Å². The van der Waals surface area contributed by atoms with E-state index in [0.29, 0.717) is 65.3 Å². The highest BCUT2D eigenvalue weighted by Crippen LogP contribution is 2.61. The quantitative estimate of drug-likeness (QED) is 0.120.